The van der Waals surface area contributed by atoms with Crippen LogP contribution in [-0.4, -0.2) is 19.0 Å². The number of carbonyl (C=O) groups is 1. The molecule has 0 rings (SSSR count). The Balaban J connectivity index is 3.94. The molecule has 0 aliphatic carbocycles. The van der Waals surface area contributed by atoms with Crippen molar-refractivity contribution in [2.75, 3.05) is 13.1 Å². The van der Waals surface area contributed by atoms with Crippen molar-refractivity contribution in [3.8, 4) is 0 Å². The standard InChI is InChI=1S/C11H24N2O/c1-5-9(2)8-13-10(14)11(3,4)6-7-12/h9H,5-8,12H2,1-4H3,(H,13,14). The van der Waals surface area contributed by atoms with E-state index < -0.39 is 0 Å². The fourth-order valence-corrected chi connectivity index (χ4v) is 1.12. The summed E-state index contributed by atoms with van der Waals surface area (Å²) in [5.41, 5.74) is 5.12. The van der Waals surface area contributed by atoms with Gasteiger partial charge in [0.15, 0.2) is 0 Å². The molecule has 0 spiro atoms. The van der Waals surface area contributed by atoms with E-state index in [1.807, 2.05) is 13.8 Å². The average molecular weight is 200 g/mol. The molecule has 0 aliphatic rings. The number of rotatable bonds is 6. The second-order valence-corrected chi connectivity index (χ2v) is 4.65. The molecule has 3 N–H and O–H groups in total. The maximum absolute atomic E-state index is 11.7. The van der Waals surface area contributed by atoms with Crippen LogP contribution in [0.2, 0.25) is 0 Å². The molecule has 0 aromatic heterocycles. The lowest BCUT2D eigenvalue weighted by molar-refractivity contribution is -0.129. The van der Waals surface area contributed by atoms with Crippen LogP contribution in [0, 0.1) is 11.3 Å². The van der Waals surface area contributed by atoms with Crippen LogP contribution in [-0.2, 0) is 4.79 Å². The van der Waals surface area contributed by atoms with Gasteiger partial charge in [0.25, 0.3) is 0 Å². The van der Waals surface area contributed by atoms with Crippen LogP contribution >= 0.6 is 0 Å². The number of amides is 1. The third kappa shape index (κ3) is 4.61. The van der Waals surface area contributed by atoms with Gasteiger partial charge in [-0.25, -0.2) is 0 Å². The van der Waals surface area contributed by atoms with E-state index in [-0.39, 0.29) is 11.3 Å². The van der Waals surface area contributed by atoms with Crippen LogP contribution in [0.4, 0.5) is 0 Å². The Kier molecular flexibility index (Phi) is 5.77. The van der Waals surface area contributed by atoms with Gasteiger partial charge in [0.1, 0.15) is 0 Å². The number of hydrogen-bond donors (Lipinski definition) is 2. The highest BCUT2D eigenvalue weighted by Crippen LogP contribution is 2.19. The zero-order valence-electron chi connectivity index (χ0n) is 9.89. The Labute approximate surface area is 87.4 Å². The smallest absolute Gasteiger partial charge is 0.225 e. The van der Waals surface area contributed by atoms with Crippen LogP contribution in [0.3, 0.4) is 0 Å². The predicted octanol–water partition coefficient (Wildman–Crippen LogP) is 1.52. The van der Waals surface area contributed by atoms with Crippen molar-refractivity contribution in [2.24, 2.45) is 17.1 Å². The maximum Gasteiger partial charge on any atom is 0.225 e. The van der Waals surface area contributed by atoms with Gasteiger partial charge in [-0.05, 0) is 18.9 Å². The van der Waals surface area contributed by atoms with E-state index in [2.05, 4.69) is 19.2 Å². The summed E-state index contributed by atoms with van der Waals surface area (Å²) >= 11 is 0. The number of nitrogens with two attached hydrogens (primary N) is 1. The molecule has 0 radical (unpaired) electrons. The van der Waals surface area contributed by atoms with Crippen molar-refractivity contribution in [1.29, 1.82) is 0 Å². The molecule has 1 atom stereocenters. The lowest BCUT2D eigenvalue weighted by Gasteiger charge is -2.23. The highest BCUT2D eigenvalue weighted by Gasteiger charge is 2.26. The molecule has 3 nitrogen and oxygen atoms in total. The van der Waals surface area contributed by atoms with E-state index in [0.717, 1.165) is 19.4 Å². The van der Waals surface area contributed by atoms with E-state index in [9.17, 15) is 4.79 Å². The van der Waals surface area contributed by atoms with E-state index in [4.69, 9.17) is 5.73 Å². The van der Waals surface area contributed by atoms with Gasteiger partial charge in [0.2, 0.25) is 5.91 Å². The van der Waals surface area contributed by atoms with E-state index >= 15 is 0 Å². The Morgan fingerprint density at radius 1 is 1.50 bits per heavy atom. The lowest BCUT2D eigenvalue weighted by atomic mass is 9.88. The third-order valence-electron chi connectivity index (χ3n) is 2.69. The summed E-state index contributed by atoms with van der Waals surface area (Å²) < 4.78 is 0. The first-order valence-electron chi connectivity index (χ1n) is 5.42. The highest BCUT2D eigenvalue weighted by atomic mass is 16.2. The Morgan fingerprint density at radius 3 is 2.50 bits per heavy atom. The molecule has 3 heteroatoms. The van der Waals surface area contributed by atoms with Gasteiger partial charge >= 0.3 is 0 Å². The van der Waals surface area contributed by atoms with Crippen molar-refractivity contribution < 1.29 is 4.79 Å². The average Bonchev–Trinajstić information content (AvgIpc) is 2.13. The second-order valence-electron chi connectivity index (χ2n) is 4.65. The van der Waals surface area contributed by atoms with Crippen LogP contribution in [0.5, 0.6) is 0 Å². The summed E-state index contributed by atoms with van der Waals surface area (Å²) in [6, 6.07) is 0. The van der Waals surface area contributed by atoms with Crippen molar-refractivity contribution in [3.63, 3.8) is 0 Å². The maximum atomic E-state index is 11.7. The molecular formula is C11H24N2O. The van der Waals surface area contributed by atoms with Gasteiger partial charge in [-0.15, -0.1) is 0 Å². The number of hydrogen-bond acceptors (Lipinski definition) is 2. The molecule has 84 valence electrons. The summed E-state index contributed by atoms with van der Waals surface area (Å²) in [6.45, 7) is 9.46. The molecule has 0 fully saturated rings. The molecule has 1 amide bonds. The van der Waals surface area contributed by atoms with Gasteiger partial charge in [0.05, 0.1) is 0 Å². The molecule has 0 saturated heterocycles. The molecular weight excluding hydrogens is 176 g/mol. The third-order valence-corrected chi connectivity index (χ3v) is 2.69. The van der Waals surface area contributed by atoms with Crippen molar-refractivity contribution >= 4 is 5.91 Å². The van der Waals surface area contributed by atoms with Gasteiger partial charge in [-0.2, -0.15) is 0 Å². The van der Waals surface area contributed by atoms with Crippen LogP contribution in [0.1, 0.15) is 40.5 Å². The quantitative estimate of drug-likeness (QED) is 0.683. The zero-order chi connectivity index (χ0) is 11.2. The first-order valence-corrected chi connectivity index (χ1v) is 5.42. The highest BCUT2D eigenvalue weighted by molar-refractivity contribution is 5.81. The Hall–Kier alpha value is -0.570. The number of nitrogens with one attached hydrogen (secondary N) is 1. The van der Waals surface area contributed by atoms with Crippen molar-refractivity contribution in [3.05, 3.63) is 0 Å². The summed E-state index contributed by atoms with van der Waals surface area (Å²) in [5, 5.41) is 2.96. The first-order chi connectivity index (χ1) is 6.44. The zero-order valence-corrected chi connectivity index (χ0v) is 9.89. The summed E-state index contributed by atoms with van der Waals surface area (Å²) in [4.78, 5) is 11.7. The molecule has 0 aromatic carbocycles. The monoisotopic (exact) mass is 200 g/mol. The lowest BCUT2D eigenvalue weighted by Crippen LogP contribution is -2.40. The molecule has 1 unspecified atom stereocenters. The van der Waals surface area contributed by atoms with Crippen molar-refractivity contribution in [2.45, 2.75) is 40.5 Å². The molecule has 0 saturated carbocycles. The molecule has 14 heavy (non-hydrogen) atoms. The normalized spacial score (nSPS) is 13.8. The van der Waals surface area contributed by atoms with Crippen LogP contribution in [0.15, 0.2) is 0 Å². The van der Waals surface area contributed by atoms with Crippen LogP contribution in [0.25, 0.3) is 0 Å². The van der Waals surface area contributed by atoms with Gasteiger partial charge in [-0.1, -0.05) is 34.1 Å². The molecule has 0 aliphatic heterocycles. The predicted molar refractivity (Wildman–Crippen MR) is 59.9 cm³/mol. The Morgan fingerprint density at radius 2 is 2.07 bits per heavy atom. The minimum Gasteiger partial charge on any atom is -0.355 e. The van der Waals surface area contributed by atoms with E-state index in [1.54, 1.807) is 0 Å². The summed E-state index contributed by atoms with van der Waals surface area (Å²) in [5.74, 6) is 0.663. The Bertz CT molecular complexity index is 178. The largest absolute Gasteiger partial charge is 0.355 e. The SMILES string of the molecule is CCC(C)CNC(=O)C(C)(C)CCN. The molecule has 0 heterocycles. The van der Waals surface area contributed by atoms with Crippen LogP contribution < -0.4 is 11.1 Å². The van der Waals surface area contributed by atoms with Gasteiger partial charge in [0, 0.05) is 12.0 Å². The molecule has 0 bridgehead atoms. The number of carbonyl (C=O) groups excluding carboxylic acids is 1. The van der Waals surface area contributed by atoms with Crippen molar-refractivity contribution in [1.82, 2.24) is 5.32 Å². The molecule has 0 aromatic rings. The minimum atomic E-state index is -0.331. The van der Waals surface area contributed by atoms with Gasteiger partial charge < -0.3 is 11.1 Å². The fraction of sp³-hybridized carbons (Fsp3) is 0.909. The first kappa shape index (κ1) is 13.4. The van der Waals surface area contributed by atoms with E-state index in [0.29, 0.717) is 12.5 Å². The van der Waals surface area contributed by atoms with Gasteiger partial charge in [-0.3, -0.25) is 4.79 Å². The summed E-state index contributed by atoms with van der Waals surface area (Å²) in [7, 11) is 0. The minimum absolute atomic E-state index is 0.114. The summed E-state index contributed by atoms with van der Waals surface area (Å²) in [6.07, 6.45) is 1.83. The topological polar surface area (TPSA) is 55.1 Å². The second kappa shape index (κ2) is 6.02. The fourth-order valence-electron chi connectivity index (χ4n) is 1.12. The van der Waals surface area contributed by atoms with E-state index in [1.165, 1.54) is 0 Å².